The average Bonchev–Trinajstić information content (AvgIpc) is 3.26. The third-order valence-electron chi connectivity index (χ3n) is 4.97. The maximum absolute atomic E-state index is 11.2. The Kier molecular flexibility index (Phi) is 3.65. The van der Waals surface area contributed by atoms with Gasteiger partial charge < -0.3 is 5.73 Å². The van der Waals surface area contributed by atoms with Gasteiger partial charge in [0.05, 0.1) is 24.0 Å². The molecular formula is C16H22N6O. The summed E-state index contributed by atoms with van der Waals surface area (Å²) in [4.78, 5) is 13.6. The zero-order valence-corrected chi connectivity index (χ0v) is 13.2. The van der Waals surface area contributed by atoms with Crippen LogP contribution in [0.25, 0.3) is 0 Å². The van der Waals surface area contributed by atoms with E-state index in [4.69, 9.17) is 5.73 Å². The third-order valence-corrected chi connectivity index (χ3v) is 4.97. The number of aryl methyl sites for hydroxylation is 1. The molecule has 0 aliphatic carbocycles. The van der Waals surface area contributed by atoms with E-state index in [1.54, 1.807) is 12.4 Å². The first kappa shape index (κ1) is 14.4. The Labute approximate surface area is 135 Å². The van der Waals surface area contributed by atoms with Crippen molar-refractivity contribution in [1.82, 2.24) is 24.5 Å². The number of carbonyl (C=O) groups excluding carboxylic acids is 1. The molecule has 7 heteroatoms. The molecule has 1 saturated heterocycles. The number of nitrogens with zero attached hydrogens (tertiary/aromatic N) is 5. The van der Waals surface area contributed by atoms with Gasteiger partial charge in [0.2, 0.25) is 0 Å². The van der Waals surface area contributed by atoms with E-state index < -0.39 is 5.91 Å². The van der Waals surface area contributed by atoms with Gasteiger partial charge >= 0.3 is 0 Å². The van der Waals surface area contributed by atoms with Gasteiger partial charge in [-0.15, -0.1) is 0 Å². The summed E-state index contributed by atoms with van der Waals surface area (Å²) < 4.78 is 4.05. The number of hydrogen-bond donors (Lipinski definition) is 1. The molecule has 2 aliphatic heterocycles. The molecule has 4 rings (SSSR count). The summed E-state index contributed by atoms with van der Waals surface area (Å²) in [6.07, 6.45) is 10.0. The van der Waals surface area contributed by atoms with Crippen molar-refractivity contribution in [2.24, 2.45) is 5.73 Å². The molecule has 2 aliphatic rings. The van der Waals surface area contributed by atoms with Crippen molar-refractivity contribution in [1.29, 1.82) is 0 Å². The highest BCUT2D eigenvalue weighted by Crippen LogP contribution is 2.25. The smallest absolute Gasteiger partial charge is 0.251 e. The summed E-state index contributed by atoms with van der Waals surface area (Å²) in [5.74, 6) is -0.419. The summed E-state index contributed by atoms with van der Waals surface area (Å²) in [5.41, 5.74) is 8.55. The molecule has 1 atom stereocenters. The number of nitrogens with two attached hydrogens (primary N) is 1. The van der Waals surface area contributed by atoms with Crippen molar-refractivity contribution in [3.05, 3.63) is 35.4 Å². The van der Waals surface area contributed by atoms with Crippen LogP contribution in [0.15, 0.2) is 18.6 Å². The minimum atomic E-state index is -0.419. The molecule has 1 unspecified atom stereocenters. The van der Waals surface area contributed by atoms with Crippen LogP contribution in [-0.2, 0) is 19.5 Å². The Morgan fingerprint density at radius 3 is 3.00 bits per heavy atom. The molecule has 2 aromatic rings. The van der Waals surface area contributed by atoms with Gasteiger partial charge in [0.1, 0.15) is 0 Å². The maximum atomic E-state index is 11.2. The molecule has 2 N–H and O–H groups in total. The van der Waals surface area contributed by atoms with Crippen molar-refractivity contribution in [3.63, 3.8) is 0 Å². The molecule has 1 fully saturated rings. The van der Waals surface area contributed by atoms with E-state index in [2.05, 4.69) is 19.8 Å². The maximum Gasteiger partial charge on any atom is 0.251 e. The number of hydrogen-bond acceptors (Lipinski definition) is 4. The van der Waals surface area contributed by atoms with Gasteiger partial charge in [-0.2, -0.15) is 10.2 Å². The number of aromatic nitrogens is 4. The lowest BCUT2D eigenvalue weighted by Gasteiger charge is -2.19. The quantitative estimate of drug-likeness (QED) is 0.911. The molecule has 0 bridgehead atoms. The van der Waals surface area contributed by atoms with Crippen LogP contribution in [0.1, 0.15) is 46.9 Å². The van der Waals surface area contributed by atoms with Crippen LogP contribution < -0.4 is 5.73 Å². The lowest BCUT2D eigenvalue weighted by atomic mass is 10.1. The highest BCUT2D eigenvalue weighted by Gasteiger charge is 2.26. The molecule has 23 heavy (non-hydrogen) atoms. The Morgan fingerprint density at radius 2 is 2.17 bits per heavy atom. The summed E-state index contributed by atoms with van der Waals surface area (Å²) in [6, 6.07) is 0.314. The van der Waals surface area contributed by atoms with Crippen molar-refractivity contribution in [3.8, 4) is 0 Å². The van der Waals surface area contributed by atoms with Gasteiger partial charge in [-0.05, 0) is 25.7 Å². The Hall–Kier alpha value is -2.15. The fourth-order valence-electron chi connectivity index (χ4n) is 3.70. The van der Waals surface area contributed by atoms with Crippen LogP contribution in [0.4, 0.5) is 0 Å². The first-order valence-electron chi connectivity index (χ1n) is 8.30. The molecule has 0 saturated carbocycles. The van der Waals surface area contributed by atoms with Crippen molar-refractivity contribution >= 4 is 5.91 Å². The second-order valence-corrected chi connectivity index (χ2v) is 6.55. The Balaban J connectivity index is 1.42. The number of amides is 1. The Bertz CT molecular complexity index is 718. The third kappa shape index (κ3) is 2.76. The van der Waals surface area contributed by atoms with Crippen LogP contribution in [0, 0.1) is 0 Å². The second kappa shape index (κ2) is 5.81. The summed E-state index contributed by atoms with van der Waals surface area (Å²) in [7, 11) is 0. The summed E-state index contributed by atoms with van der Waals surface area (Å²) >= 11 is 0. The number of fused-ring (bicyclic) bond motifs is 1. The molecule has 1 amide bonds. The number of carbonyl (C=O) groups is 1. The van der Waals surface area contributed by atoms with E-state index >= 15 is 0 Å². The topological polar surface area (TPSA) is 82.0 Å². The van der Waals surface area contributed by atoms with Crippen LogP contribution in [0.3, 0.4) is 0 Å². The SMILES string of the molecule is NC(=O)c1cnn(C2CCN(Cc3cnn4c3CCCC4)C2)c1. The minimum Gasteiger partial charge on any atom is -0.366 e. The lowest BCUT2D eigenvalue weighted by molar-refractivity contribution is 0.1000. The molecule has 122 valence electrons. The molecule has 0 spiro atoms. The normalized spacial score (nSPS) is 21.5. The van der Waals surface area contributed by atoms with Gasteiger partial charge in [-0.1, -0.05) is 0 Å². The molecule has 7 nitrogen and oxygen atoms in total. The van der Waals surface area contributed by atoms with Crippen LogP contribution in [-0.4, -0.2) is 43.5 Å². The predicted octanol–water partition coefficient (Wildman–Crippen LogP) is 0.962. The summed E-state index contributed by atoms with van der Waals surface area (Å²) in [6.45, 7) is 4.00. The zero-order chi connectivity index (χ0) is 15.8. The number of rotatable bonds is 4. The molecule has 0 radical (unpaired) electrons. The fourth-order valence-corrected chi connectivity index (χ4v) is 3.70. The van der Waals surface area contributed by atoms with Crippen LogP contribution >= 0.6 is 0 Å². The molecule has 2 aromatic heterocycles. The first-order valence-corrected chi connectivity index (χ1v) is 8.30. The van der Waals surface area contributed by atoms with E-state index in [0.29, 0.717) is 11.6 Å². The van der Waals surface area contributed by atoms with Gasteiger partial charge in [-0.3, -0.25) is 19.1 Å². The molecule has 0 aromatic carbocycles. The monoisotopic (exact) mass is 314 g/mol. The van der Waals surface area contributed by atoms with E-state index in [1.165, 1.54) is 24.1 Å². The number of likely N-dealkylation sites (tertiary alicyclic amines) is 1. The standard InChI is InChI=1S/C16H22N6O/c17-16(23)13-8-19-22(10-13)14-4-6-20(11-14)9-12-7-18-21-5-2-1-3-15(12)21/h7-8,10,14H,1-6,9,11H2,(H2,17,23). The lowest BCUT2D eigenvalue weighted by Crippen LogP contribution is -2.22. The first-order chi connectivity index (χ1) is 11.2. The van der Waals surface area contributed by atoms with Gasteiger partial charge in [0, 0.05) is 43.6 Å². The highest BCUT2D eigenvalue weighted by molar-refractivity contribution is 5.92. The predicted molar refractivity (Wildman–Crippen MR) is 84.8 cm³/mol. The molecule has 4 heterocycles. The fraction of sp³-hybridized carbons (Fsp3) is 0.562. The van der Waals surface area contributed by atoms with Crippen molar-refractivity contribution < 1.29 is 4.79 Å². The van der Waals surface area contributed by atoms with E-state index in [0.717, 1.165) is 39.0 Å². The molecular weight excluding hydrogens is 292 g/mol. The van der Waals surface area contributed by atoms with E-state index in [-0.39, 0.29) is 0 Å². The van der Waals surface area contributed by atoms with E-state index in [1.807, 2.05) is 10.9 Å². The van der Waals surface area contributed by atoms with Gasteiger partial charge in [0.25, 0.3) is 5.91 Å². The van der Waals surface area contributed by atoms with Crippen LogP contribution in [0.5, 0.6) is 0 Å². The minimum absolute atomic E-state index is 0.314. The average molecular weight is 314 g/mol. The highest BCUT2D eigenvalue weighted by atomic mass is 16.1. The second-order valence-electron chi connectivity index (χ2n) is 6.55. The number of primary amides is 1. The van der Waals surface area contributed by atoms with Crippen molar-refractivity contribution in [2.45, 2.75) is 44.8 Å². The zero-order valence-electron chi connectivity index (χ0n) is 13.2. The van der Waals surface area contributed by atoms with Crippen molar-refractivity contribution in [2.75, 3.05) is 13.1 Å². The van der Waals surface area contributed by atoms with E-state index in [9.17, 15) is 4.79 Å². The largest absolute Gasteiger partial charge is 0.366 e. The Morgan fingerprint density at radius 1 is 1.26 bits per heavy atom. The van der Waals surface area contributed by atoms with Crippen LogP contribution in [0.2, 0.25) is 0 Å². The summed E-state index contributed by atoms with van der Waals surface area (Å²) in [5, 5.41) is 8.81. The van der Waals surface area contributed by atoms with Gasteiger partial charge in [0.15, 0.2) is 0 Å². The van der Waals surface area contributed by atoms with Gasteiger partial charge in [-0.25, -0.2) is 0 Å².